The van der Waals surface area contributed by atoms with Crippen LogP contribution in [0.25, 0.3) is 0 Å². The van der Waals surface area contributed by atoms with Gasteiger partial charge < -0.3 is 0 Å². The van der Waals surface area contributed by atoms with Crippen molar-refractivity contribution in [2.75, 3.05) is 6.67 Å². The van der Waals surface area contributed by atoms with Gasteiger partial charge in [0, 0.05) is 0 Å². The molecule has 0 aliphatic heterocycles. The summed E-state index contributed by atoms with van der Waals surface area (Å²) in [6.45, 7) is -0.160. The Balaban J connectivity index is 3.33. The third kappa shape index (κ3) is 4.76. The zero-order chi connectivity index (χ0) is 5.54. The van der Waals surface area contributed by atoms with E-state index >= 15 is 0 Å². The smallest absolute Gasteiger partial charge is 0.211 e. The van der Waals surface area contributed by atoms with Crippen molar-refractivity contribution in [3.05, 3.63) is 0 Å². The fourth-order valence-electron chi connectivity index (χ4n) is 0.0931. The number of aliphatic imine (C=N–C) groups is 2. The normalized spacial score (nSPS) is 5.71. The highest BCUT2D eigenvalue weighted by Gasteiger charge is 1.63. The Kier molecular flexibility index (Phi) is 3.92. The fraction of sp³-hybridized carbons (Fsp3) is 0.333. The summed E-state index contributed by atoms with van der Waals surface area (Å²) in [4.78, 5) is 24.2. The van der Waals surface area contributed by atoms with Crippen molar-refractivity contribution in [3.63, 3.8) is 0 Å². The summed E-state index contributed by atoms with van der Waals surface area (Å²) in [6, 6.07) is 0. The zero-order valence-corrected chi connectivity index (χ0v) is 3.42. The molecule has 0 aliphatic rings. The van der Waals surface area contributed by atoms with E-state index in [1.807, 2.05) is 0 Å². The number of rotatable bonds is 2. The van der Waals surface area contributed by atoms with Crippen LogP contribution in [0.4, 0.5) is 0 Å². The van der Waals surface area contributed by atoms with Crippen LogP contribution in [-0.4, -0.2) is 18.8 Å². The number of isocyanates is 2. The molecule has 0 aromatic carbocycles. The second kappa shape index (κ2) is 4.76. The van der Waals surface area contributed by atoms with Crippen molar-refractivity contribution in [2.45, 2.75) is 0 Å². The molecule has 0 unspecified atom stereocenters. The molecule has 0 radical (unpaired) electrons. The minimum Gasteiger partial charge on any atom is -0.211 e. The lowest BCUT2D eigenvalue weighted by Gasteiger charge is -1.63. The van der Waals surface area contributed by atoms with E-state index in [0.29, 0.717) is 0 Å². The SMILES string of the molecule is O=C=NCN=C=O. The number of nitrogens with zero attached hydrogens (tertiary/aromatic N) is 2. The van der Waals surface area contributed by atoms with E-state index in [1.54, 1.807) is 0 Å². The van der Waals surface area contributed by atoms with Crippen LogP contribution in [0.2, 0.25) is 0 Å². The first-order valence-corrected chi connectivity index (χ1v) is 1.49. The zero-order valence-electron chi connectivity index (χ0n) is 3.42. The average molecular weight is 98.1 g/mol. The molecule has 0 amide bonds. The van der Waals surface area contributed by atoms with Gasteiger partial charge in [0.05, 0.1) is 0 Å². The fourth-order valence-corrected chi connectivity index (χ4v) is 0.0931. The highest BCUT2D eigenvalue weighted by Crippen LogP contribution is 1.61. The molecular formula is C3H2N2O2. The van der Waals surface area contributed by atoms with E-state index in [4.69, 9.17) is 0 Å². The van der Waals surface area contributed by atoms with E-state index in [9.17, 15) is 9.59 Å². The van der Waals surface area contributed by atoms with E-state index in [1.165, 1.54) is 12.2 Å². The van der Waals surface area contributed by atoms with Crippen molar-refractivity contribution < 1.29 is 9.59 Å². The summed E-state index contributed by atoms with van der Waals surface area (Å²) >= 11 is 0. The third-order valence-corrected chi connectivity index (χ3v) is 0.271. The van der Waals surface area contributed by atoms with Crippen LogP contribution in [0.5, 0.6) is 0 Å². The van der Waals surface area contributed by atoms with Crippen LogP contribution >= 0.6 is 0 Å². The topological polar surface area (TPSA) is 58.9 Å². The van der Waals surface area contributed by atoms with Gasteiger partial charge in [0.2, 0.25) is 12.2 Å². The minimum absolute atomic E-state index is 0.160. The molecule has 0 saturated heterocycles. The lowest BCUT2D eigenvalue weighted by molar-refractivity contribution is 0.560. The monoisotopic (exact) mass is 98.0 g/mol. The first kappa shape index (κ1) is 5.76. The molecule has 7 heavy (non-hydrogen) atoms. The molecule has 0 saturated carbocycles. The maximum absolute atomic E-state index is 9.20. The van der Waals surface area contributed by atoms with Gasteiger partial charge in [0.15, 0.2) is 6.67 Å². The lowest BCUT2D eigenvalue weighted by Crippen LogP contribution is -1.66. The van der Waals surface area contributed by atoms with Crippen molar-refractivity contribution in [1.29, 1.82) is 0 Å². The van der Waals surface area contributed by atoms with Crippen LogP contribution in [0.15, 0.2) is 9.98 Å². The minimum atomic E-state index is -0.160. The summed E-state index contributed by atoms with van der Waals surface area (Å²) < 4.78 is 0. The Morgan fingerprint density at radius 1 is 1.14 bits per heavy atom. The maximum atomic E-state index is 9.20. The second-order valence-electron chi connectivity index (χ2n) is 0.640. The van der Waals surface area contributed by atoms with Gasteiger partial charge in [0.25, 0.3) is 0 Å². The van der Waals surface area contributed by atoms with Crippen molar-refractivity contribution in [2.24, 2.45) is 9.98 Å². The van der Waals surface area contributed by atoms with Crippen LogP contribution in [-0.2, 0) is 9.59 Å². The molecule has 0 spiro atoms. The Morgan fingerprint density at radius 3 is 1.86 bits per heavy atom. The van der Waals surface area contributed by atoms with Crippen LogP contribution in [0.1, 0.15) is 0 Å². The largest absolute Gasteiger partial charge is 0.236 e. The van der Waals surface area contributed by atoms with Crippen LogP contribution in [0.3, 0.4) is 0 Å². The van der Waals surface area contributed by atoms with Gasteiger partial charge in [-0.25, -0.2) is 9.59 Å². The van der Waals surface area contributed by atoms with Gasteiger partial charge in [-0.2, -0.15) is 9.98 Å². The van der Waals surface area contributed by atoms with E-state index in [-0.39, 0.29) is 6.67 Å². The highest BCUT2D eigenvalue weighted by molar-refractivity contribution is 5.35. The molecule has 4 nitrogen and oxygen atoms in total. The molecule has 0 N–H and O–H groups in total. The molecule has 0 bridgehead atoms. The van der Waals surface area contributed by atoms with E-state index in [0.717, 1.165) is 0 Å². The molecule has 0 aromatic rings. The average Bonchev–Trinajstić information content (AvgIpc) is 1.69. The van der Waals surface area contributed by atoms with Gasteiger partial charge in [-0.15, -0.1) is 0 Å². The van der Waals surface area contributed by atoms with E-state index < -0.39 is 0 Å². The third-order valence-electron chi connectivity index (χ3n) is 0.271. The maximum Gasteiger partial charge on any atom is 0.236 e. The van der Waals surface area contributed by atoms with Crippen molar-refractivity contribution in [3.8, 4) is 0 Å². The van der Waals surface area contributed by atoms with Gasteiger partial charge in [-0.1, -0.05) is 0 Å². The Morgan fingerprint density at radius 2 is 1.57 bits per heavy atom. The Bertz CT molecular complexity index is 114. The van der Waals surface area contributed by atoms with Gasteiger partial charge in [-0.3, -0.25) is 0 Å². The molecular weight excluding hydrogens is 96.0 g/mol. The molecule has 0 aromatic heterocycles. The Hall–Kier alpha value is -1.24. The summed E-state index contributed by atoms with van der Waals surface area (Å²) in [5.74, 6) is 0. The molecule has 0 fully saturated rings. The quantitative estimate of drug-likeness (QED) is 0.349. The molecule has 36 valence electrons. The number of hydrogen-bond donors (Lipinski definition) is 0. The van der Waals surface area contributed by atoms with Crippen molar-refractivity contribution in [1.82, 2.24) is 0 Å². The second-order valence-corrected chi connectivity index (χ2v) is 0.640. The predicted octanol–water partition coefficient (Wildman–Crippen LogP) is -0.384. The molecule has 0 aliphatic carbocycles. The molecule has 0 rings (SSSR count). The number of carbonyl (C=O) groups excluding carboxylic acids is 2. The standard InChI is InChI=1S/C3H2N2O2/c6-2-4-1-5-3-7/h1H2. The first-order valence-electron chi connectivity index (χ1n) is 1.49. The highest BCUT2D eigenvalue weighted by atomic mass is 16.1. The van der Waals surface area contributed by atoms with Gasteiger partial charge in [-0.05, 0) is 0 Å². The van der Waals surface area contributed by atoms with Crippen molar-refractivity contribution >= 4 is 12.2 Å². The van der Waals surface area contributed by atoms with Gasteiger partial charge >= 0.3 is 0 Å². The molecule has 0 heterocycles. The first-order chi connectivity index (χ1) is 3.41. The number of hydrogen-bond acceptors (Lipinski definition) is 4. The molecule has 4 heteroatoms. The van der Waals surface area contributed by atoms with E-state index in [2.05, 4.69) is 9.98 Å². The lowest BCUT2D eigenvalue weighted by atomic mass is 11.1. The Labute approximate surface area is 39.6 Å². The summed E-state index contributed by atoms with van der Waals surface area (Å²) in [5, 5.41) is 0. The summed E-state index contributed by atoms with van der Waals surface area (Å²) in [7, 11) is 0. The molecule has 0 atom stereocenters. The van der Waals surface area contributed by atoms with Gasteiger partial charge in [0.1, 0.15) is 0 Å². The van der Waals surface area contributed by atoms with Crippen LogP contribution < -0.4 is 0 Å². The summed E-state index contributed by atoms with van der Waals surface area (Å²) in [5.41, 5.74) is 0. The van der Waals surface area contributed by atoms with Crippen LogP contribution in [0, 0.1) is 0 Å². The predicted molar refractivity (Wildman–Crippen MR) is 21.1 cm³/mol. The summed E-state index contributed by atoms with van der Waals surface area (Å²) in [6.07, 6.45) is 2.41.